The second-order valence-electron chi connectivity index (χ2n) is 3.39. The zero-order chi connectivity index (χ0) is 9.97. The van der Waals surface area contributed by atoms with Crippen molar-refractivity contribution in [1.29, 1.82) is 0 Å². The molecule has 1 aromatic carbocycles. The number of phenolic OH excluding ortho intramolecular Hbond substituents is 1. The lowest BCUT2D eigenvalue weighted by Gasteiger charge is -2.25. The maximum Gasteiger partial charge on any atom is 0.138 e. The molecule has 1 aliphatic rings. The summed E-state index contributed by atoms with van der Waals surface area (Å²) in [6.07, 6.45) is 0. The van der Waals surface area contributed by atoms with Gasteiger partial charge in [-0.05, 0) is 6.07 Å². The standard InChI is InChI=1S/C10H13ClN2O.ClH/c11-8-3-1-2-7(10(8)14)9-6-12-4-5-13-9;/h1-3,9,12-14H,4-6H2;1H/t9-;/m0./s1. The molecule has 2 rings (SSSR count). The molecule has 84 valence electrons. The Morgan fingerprint density at radius 1 is 1.33 bits per heavy atom. The molecule has 0 radical (unpaired) electrons. The van der Waals surface area contributed by atoms with Gasteiger partial charge in [0.1, 0.15) is 5.75 Å². The minimum Gasteiger partial charge on any atom is -0.506 e. The van der Waals surface area contributed by atoms with Crippen molar-refractivity contribution in [2.45, 2.75) is 6.04 Å². The Hall–Kier alpha value is -0.480. The molecule has 3 N–H and O–H groups in total. The maximum absolute atomic E-state index is 9.75. The van der Waals surface area contributed by atoms with Gasteiger partial charge >= 0.3 is 0 Å². The molecular weight excluding hydrogens is 235 g/mol. The third kappa shape index (κ3) is 2.75. The fourth-order valence-corrected chi connectivity index (χ4v) is 1.87. The Kier molecular flexibility index (Phi) is 4.67. The number of aromatic hydroxyl groups is 1. The average Bonchev–Trinajstić information content (AvgIpc) is 2.23. The average molecular weight is 249 g/mol. The predicted molar refractivity (Wildman–Crippen MR) is 64.0 cm³/mol. The van der Waals surface area contributed by atoms with Crippen LogP contribution < -0.4 is 10.6 Å². The summed E-state index contributed by atoms with van der Waals surface area (Å²) in [5, 5.41) is 16.7. The summed E-state index contributed by atoms with van der Waals surface area (Å²) in [7, 11) is 0. The largest absolute Gasteiger partial charge is 0.506 e. The van der Waals surface area contributed by atoms with Crippen molar-refractivity contribution in [2.24, 2.45) is 0 Å². The number of phenols is 1. The number of piperazine rings is 1. The van der Waals surface area contributed by atoms with Crippen molar-refractivity contribution in [2.75, 3.05) is 19.6 Å². The van der Waals surface area contributed by atoms with E-state index < -0.39 is 0 Å². The second-order valence-corrected chi connectivity index (χ2v) is 3.80. The molecule has 0 bridgehead atoms. The van der Waals surface area contributed by atoms with Crippen LogP contribution in [0.25, 0.3) is 0 Å². The zero-order valence-corrected chi connectivity index (χ0v) is 9.74. The summed E-state index contributed by atoms with van der Waals surface area (Å²) >= 11 is 5.83. The van der Waals surface area contributed by atoms with E-state index in [9.17, 15) is 5.11 Å². The minimum atomic E-state index is 0. The zero-order valence-electron chi connectivity index (χ0n) is 8.16. The van der Waals surface area contributed by atoms with Gasteiger partial charge in [-0.25, -0.2) is 0 Å². The number of rotatable bonds is 1. The third-order valence-electron chi connectivity index (χ3n) is 2.43. The Morgan fingerprint density at radius 2 is 2.13 bits per heavy atom. The molecule has 1 heterocycles. The molecule has 0 aliphatic carbocycles. The van der Waals surface area contributed by atoms with E-state index >= 15 is 0 Å². The van der Waals surface area contributed by atoms with Crippen molar-refractivity contribution >= 4 is 24.0 Å². The molecule has 1 saturated heterocycles. The highest BCUT2D eigenvalue weighted by Crippen LogP contribution is 2.31. The lowest BCUT2D eigenvalue weighted by atomic mass is 10.0. The van der Waals surface area contributed by atoms with E-state index in [1.807, 2.05) is 12.1 Å². The summed E-state index contributed by atoms with van der Waals surface area (Å²) in [6, 6.07) is 5.60. The fraction of sp³-hybridized carbons (Fsp3) is 0.400. The summed E-state index contributed by atoms with van der Waals surface area (Å²) in [5.74, 6) is 0.190. The molecule has 15 heavy (non-hydrogen) atoms. The van der Waals surface area contributed by atoms with Crippen molar-refractivity contribution < 1.29 is 5.11 Å². The number of benzene rings is 1. The normalized spacial score (nSPS) is 20.7. The first kappa shape index (κ1) is 12.6. The molecule has 1 atom stereocenters. The highest BCUT2D eigenvalue weighted by Gasteiger charge is 2.18. The predicted octanol–water partition coefficient (Wildman–Crippen LogP) is 1.70. The van der Waals surface area contributed by atoms with Gasteiger partial charge < -0.3 is 15.7 Å². The number of nitrogens with one attached hydrogen (secondary N) is 2. The van der Waals surface area contributed by atoms with Gasteiger partial charge in [-0.15, -0.1) is 12.4 Å². The maximum atomic E-state index is 9.75. The van der Waals surface area contributed by atoms with E-state index in [2.05, 4.69) is 10.6 Å². The van der Waals surface area contributed by atoms with E-state index in [1.165, 1.54) is 0 Å². The number of para-hydroxylation sites is 1. The van der Waals surface area contributed by atoms with Crippen LogP contribution in [0.1, 0.15) is 11.6 Å². The monoisotopic (exact) mass is 248 g/mol. The first-order valence-corrected chi connectivity index (χ1v) is 5.08. The van der Waals surface area contributed by atoms with Gasteiger partial charge in [-0.3, -0.25) is 0 Å². The van der Waals surface area contributed by atoms with Gasteiger partial charge in [-0.1, -0.05) is 23.7 Å². The number of halogens is 2. The summed E-state index contributed by atoms with van der Waals surface area (Å²) in [5.41, 5.74) is 0.865. The molecule has 3 nitrogen and oxygen atoms in total. The summed E-state index contributed by atoms with van der Waals surface area (Å²) < 4.78 is 0. The lowest BCUT2D eigenvalue weighted by Crippen LogP contribution is -2.42. The van der Waals surface area contributed by atoms with Crippen molar-refractivity contribution in [1.82, 2.24) is 10.6 Å². The highest BCUT2D eigenvalue weighted by molar-refractivity contribution is 6.32. The van der Waals surface area contributed by atoms with Crippen LogP contribution in [0, 0.1) is 0 Å². The Balaban J connectivity index is 0.00000112. The fourth-order valence-electron chi connectivity index (χ4n) is 1.69. The molecule has 0 amide bonds. The minimum absolute atomic E-state index is 0. The molecule has 0 saturated carbocycles. The van der Waals surface area contributed by atoms with Crippen molar-refractivity contribution in [3.05, 3.63) is 28.8 Å². The molecule has 1 aromatic rings. The topological polar surface area (TPSA) is 44.3 Å². The lowest BCUT2D eigenvalue weighted by molar-refractivity contribution is 0.404. The van der Waals surface area contributed by atoms with Crippen LogP contribution in [0.2, 0.25) is 5.02 Å². The van der Waals surface area contributed by atoms with Gasteiger partial charge in [0.05, 0.1) is 5.02 Å². The number of hydrogen-bond acceptors (Lipinski definition) is 3. The van der Waals surface area contributed by atoms with Crippen LogP contribution in [0.3, 0.4) is 0 Å². The second kappa shape index (κ2) is 5.56. The van der Waals surface area contributed by atoms with Crippen LogP contribution in [0.5, 0.6) is 5.75 Å². The molecule has 5 heteroatoms. The van der Waals surface area contributed by atoms with Gasteiger partial charge in [0.25, 0.3) is 0 Å². The van der Waals surface area contributed by atoms with Crippen LogP contribution in [-0.2, 0) is 0 Å². The molecule has 1 aliphatic heterocycles. The Labute approximate surface area is 100 Å². The van der Waals surface area contributed by atoms with Gasteiger partial charge in [0, 0.05) is 31.2 Å². The van der Waals surface area contributed by atoms with E-state index in [4.69, 9.17) is 11.6 Å². The SMILES string of the molecule is Cl.Oc1c(Cl)cccc1[C@@H]1CNCCN1. The Bertz CT molecular complexity index is 327. The van der Waals surface area contributed by atoms with Crippen molar-refractivity contribution in [3.63, 3.8) is 0 Å². The van der Waals surface area contributed by atoms with E-state index in [-0.39, 0.29) is 24.2 Å². The van der Waals surface area contributed by atoms with E-state index in [0.29, 0.717) is 5.02 Å². The highest BCUT2D eigenvalue weighted by atomic mass is 35.5. The smallest absolute Gasteiger partial charge is 0.138 e. The third-order valence-corrected chi connectivity index (χ3v) is 2.74. The quantitative estimate of drug-likeness (QED) is 0.709. The molecule has 0 spiro atoms. The molecule has 0 aromatic heterocycles. The van der Waals surface area contributed by atoms with Crippen LogP contribution >= 0.6 is 24.0 Å². The molecule has 0 unspecified atom stereocenters. The first-order chi connectivity index (χ1) is 6.79. The van der Waals surface area contributed by atoms with Gasteiger partial charge in [-0.2, -0.15) is 0 Å². The van der Waals surface area contributed by atoms with E-state index in [1.54, 1.807) is 6.07 Å². The molecule has 1 fully saturated rings. The Morgan fingerprint density at radius 3 is 2.80 bits per heavy atom. The number of hydrogen-bond donors (Lipinski definition) is 3. The van der Waals surface area contributed by atoms with Gasteiger partial charge in [0.2, 0.25) is 0 Å². The van der Waals surface area contributed by atoms with Crippen molar-refractivity contribution in [3.8, 4) is 5.75 Å². The van der Waals surface area contributed by atoms with Crippen LogP contribution in [-0.4, -0.2) is 24.7 Å². The summed E-state index contributed by atoms with van der Waals surface area (Å²) in [4.78, 5) is 0. The molecular formula is C10H14Cl2N2O. The van der Waals surface area contributed by atoms with Gasteiger partial charge in [0.15, 0.2) is 0 Å². The van der Waals surface area contributed by atoms with E-state index in [0.717, 1.165) is 25.2 Å². The van der Waals surface area contributed by atoms with Crippen LogP contribution in [0.15, 0.2) is 18.2 Å². The first-order valence-electron chi connectivity index (χ1n) is 4.70. The summed E-state index contributed by atoms with van der Waals surface area (Å²) in [6.45, 7) is 2.71. The van der Waals surface area contributed by atoms with Crippen LogP contribution in [0.4, 0.5) is 0 Å².